The van der Waals surface area contributed by atoms with Gasteiger partial charge >= 0.3 is 0 Å². The molecule has 2 aromatic rings. The van der Waals surface area contributed by atoms with Crippen LogP contribution < -0.4 is 4.31 Å². The summed E-state index contributed by atoms with van der Waals surface area (Å²) < 4.78 is 26.2. The first-order valence-electron chi connectivity index (χ1n) is 9.25. The van der Waals surface area contributed by atoms with E-state index < -0.39 is 16.1 Å². The molecule has 2 aromatic carbocycles. The number of nitrogens with zero attached hydrogens (tertiary/aromatic N) is 2. The third kappa shape index (κ3) is 4.16. The Morgan fingerprint density at radius 2 is 1.74 bits per heavy atom. The molecule has 1 atom stereocenters. The summed E-state index contributed by atoms with van der Waals surface area (Å²) in [4.78, 5) is 14.9. The molecule has 0 bridgehead atoms. The lowest BCUT2D eigenvalue weighted by Gasteiger charge is -2.35. The summed E-state index contributed by atoms with van der Waals surface area (Å²) in [5.74, 6) is -0.172. The molecular formula is C21H26N2O3S. The summed E-state index contributed by atoms with van der Waals surface area (Å²) >= 11 is 0. The van der Waals surface area contributed by atoms with E-state index in [4.69, 9.17) is 0 Å². The van der Waals surface area contributed by atoms with E-state index in [9.17, 15) is 13.2 Å². The molecule has 0 saturated heterocycles. The number of benzene rings is 2. The molecular weight excluding hydrogens is 360 g/mol. The molecule has 27 heavy (non-hydrogen) atoms. The van der Waals surface area contributed by atoms with E-state index in [0.717, 1.165) is 30.2 Å². The number of aryl methyl sites for hydroxylation is 1. The monoisotopic (exact) mass is 386 g/mol. The first-order valence-corrected chi connectivity index (χ1v) is 11.1. The van der Waals surface area contributed by atoms with Gasteiger partial charge in [-0.3, -0.25) is 9.10 Å². The molecule has 0 unspecified atom stereocenters. The zero-order chi connectivity index (χ0) is 19.6. The largest absolute Gasteiger partial charge is 0.336 e. The predicted molar refractivity (Wildman–Crippen MR) is 108 cm³/mol. The van der Waals surface area contributed by atoms with E-state index in [1.807, 2.05) is 37.3 Å². The van der Waals surface area contributed by atoms with Gasteiger partial charge in [-0.15, -0.1) is 0 Å². The fourth-order valence-electron chi connectivity index (χ4n) is 3.63. The second-order valence-electron chi connectivity index (χ2n) is 7.03. The summed E-state index contributed by atoms with van der Waals surface area (Å²) in [7, 11) is -3.60. The van der Waals surface area contributed by atoms with Gasteiger partial charge in [0.25, 0.3) is 0 Å². The van der Waals surface area contributed by atoms with Crippen LogP contribution >= 0.6 is 0 Å². The molecule has 1 aliphatic heterocycles. The third-order valence-corrected chi connectivity index (χ3v) is 6.35. The highest BCUT2D eigenvalue weighted by atomic mass is 32.2. The van der Waals surface area contributed by atoms with Crippen LogP contribution in [0.15, 0.2) is 48.5 Å². The van der Waals surface area contributed by atoms with Crippen LogP contribution in [0.4, 0.5) is 5.69 Å². The summed E-state index contributed by atoms with van der Waals surface area (Å²) in [6, 6.07) is 14.6. The Morgan fingerprint density at radius 3 is 2.33 bits per heavy atom. The van der Waals surface area contributed by atoms with Crippen molar-refractivity contribution in [3.05, 3.63) is 65.2 Å². The molecule has 0 spiro atoms. The van der Waals surface area contributed by atoms with Gasteiger partial charge in [-0.2, -0.15) is 0 Å². The van der Waals surface area contributed by atoms with Crippen LogP contribution in [0.2, 0.25) is 0 Å². The molecule has 0 aromatic heterocycles. The second kappa shape index (κ2) is 7.72. The number of anilines is 1. The Bertz CT molecular complexity index is 923. The second-order valence-corrected chi connectivity index (χ2v) is 8.89. The number of sulfonamides is 1. The summed E-state index contributed by atoms with van der Waals surface area (Å²) in [6.07, 6.45) is 2.82. The third-order valence-electron chi connectivity index (χ3n) is 5.11. The molecule has 5 nitrogen and oxygen atoms in total. The highest BCUT2D eigenvalue weighted by Crippen LogP contribution is 2.25. The van der Waals surface area contributed by atoms with Gasteiger partial charge < -0.3 is 4.90 Å². The van der Waals surface area contributed by atoms with Crippen molar-refractivity contribution in [1.29, 1.82) is 0 Å². The van der Waals surface area contributed by atoms with Crippen LogP contribution in [-0.2, 0) is 34.2 Å². The molecule has 1 heterocycles. The zero-order valence-corrected chi connectivity index (χ0v) is 16.9. The number of hydrogen-bond acceptors (Lipinski definition) is 3. The van der Waals surface area contributed by atoms with E-state index in [1.165, 1.54) is 9.87 Å². The van der Waals surface area contributed by atoms with Crippen LogP contribution in [-0.4, -0.2) is 38.1 Å². The maximum atomic E-state index is 13.1. The minimum atomic E-state index is -3.60. The zero-order valence-electron chi connectivity index (χ0n) is 16.1. The number of fused-ring (bicyclic) bond motifs is 1. The van der Waals surface area contributed by atoms with E-state index in [-0.39, 0.29) is 5.91 Å². The van der Waals surface area contributed by atoms with Crippen molar-refractivity contribution >= 4 is 21.6 Å². The molecule has 0 N–H and O–H groups in total. The Balaban J connectivity index is 1.86. The Labute approximate surface area is 161 Å². The normalized spacial score (nSPS) is 15.1. The molecule has 0 radical (unpaired) electrons. The van der Waals surface area contributed by atoms with Crippen molar-refractivity contribution in [1.82, 2.24) is 4.90 Å². The van der Waals surface area contributed by atoms with E-state index in [1.54, 1.807) is 24.0 Å². The Kier molecular flexibility index (Phi) is 5.56. The van der Waals surface area contributed by atoms with Gasteiger partial charge in [0.2, 0.25) is 15.9 Å². The lowest BCUT2D eigenvalue weighted by molar-refractivity contribution is -0.132. The van der Waals surface area contributed by atoms with E-state index in [0.29, 0.717) is 18.8 Å². The highest BCUT2D eigenvalue weighted by molar-refractivity contribution is 7.92. The van der Waals surface area contributed by atoms with Gasteiger partial charge in [-0.05, 0) is 48.6 Å². The summed E-state index contributed by atoms with van der Waals surface area (Å²) in [5, 5.41) is 0. The average Bonchev–Trinajstić information content (AvgIpc) is 2.66. The Hall–Kier alpha value is -2.34. The number of carbonyl (C=O) groups excluding carboxylic acids is 1. The summed E-state index contributed by atoms with van der Waals surface area (Å²) in [5.41, 5.74) is 4.03. The van der Waals surface area contributed by atoms with Crippen LogP contribution in [0.3, 0.4) is 0 Å². The van der Waals surface area contributed by atoms with Crippen LogP contribution in [0.5, 0.6) is 0 Å². The van der Waals surface area contributed by atoms with E-state index >= 15 is 0 Å². The summed E-state index contributed by atoms with van der Waals surface area (Å²) in [6.45, 7) is 4.83. The molecule has 144 valence electrons. The molecule has 0 fully saturated rings. The van der Waals surface area contributed by atoms with Gasteiger partial charge in [0.15, 0.2) is 0 Å². The van der Waals surface area contributed by atoms with Gasteiger partial charge in [-0.1, -0.05) is 43.3 Å². The lowest BCUT2D eigenvalue weighted by Crippen LogP contribution is -2.50. The number of amides is 1. The fraction of sp³-hybridized carbons (Fsp3) is 0.381. The standard InChI is InChI=1S/C21H26N2O3S/c1-4-17-9-11-20(12-10-17)23(27(3,25)26)16(2)21(24)22-14-13-18-7-5-6-8-19(18)15-22/h5-12,16H,4,13-15H2,1-3H3/t16-/m0/s1. The van der Waals surface area contributed by atoms with Crippen LogP contribution in [0, 0.1) is 0 Å². The maximum Gasteiger partial charge on any atom is 0.246 e. The van der Waals surface area contributed by atoms with Gasteiger partial charge in [0, 0.05) is 13.1 Å². The lowest BCUT2D eigenvalue weighted by atomic mass is 9.99. The van der Waals surface area contributed by atoms with Gasteiger partial charge in [0.1, 0.15) is 6.04 Å². The predicted octanol–water partition coefficient (Wildman–Crippen LogP) is 2.99. The Morgan fingerprint density at radius 1 is 1.11 bits per heavy atom. The minimum Gasteiger partial charge on any atom is -0.336 e. The van der Waals surface area contributed by atoms with Gasteiger partial charge in [-0.25, -0.2) is 8.42 Å². The van der Waals surface area contributed by atoms with Crippen molar-refractivity contribution in [3.8, 4) is 0 Å². The smallest absolute Gasteiger partial charge is 0.246 e. The number of rotatable bonds is 5. The van der Waals surface area contributed by atoms with Crippen LogP contribution in [0.25, 0.3) is 0 Å². The van der Waals surface area contributed by atoms with Crippen molar-refractivity contribution < 1.29 is 13.2 Å². The minimum absolute atomic E-state index is 0.172. The molecule has 0 saturated carbocycles. The average molecular weight is 387 g/mol. The van der Waals surface area contributed by atoms with E-state index in [2.05, 4.69) is 6.07 Å². The molecule has 1 aliphatic rings. The van der Waals surface area contributed by atoms with Crippen LogP contribution in [0.1, 0.15) is 30.5 Å². The quantitative estimate of drug-likeness (QED) is 0.794. The molecule has 6 heteroatoms. The fourth-order valence-corrected chi connectivity index (χ4v) is 4.80. The van der Waals surface area contributed by atoms with Crippen molar-refractivity contribution in [2.75, 3.05) is 17.1 Å². The highest BCUT2D eigenvalue weighted by Gasteiger charge is 2.33. The molecule has 0 aliphatic carbocycles. The maximum absolute atomic E-state index is 13.1. The van der Waals surface area contributed by atoms with Crippen molar-refractivity contribution in [3.63, 3.8) is 0 Å². The van der Waals surface area contributed by atoms with Crippen molar-refractivity contribution in [2.45, 2.75) is 39.3 Å². The topological polar surface area (TPSA) is 57.7 Å². The SMILES string of the molecule is CCc1ccc(N([C@@H](C)C(=O)N2CCc3ccccc3C2)S(C)(=O)=O)cc1. The first kappa shape index (κ1) is 19.4. The molecule has 3 rings (SSSR count). The first-order chi connectivity index (χ1) is 12.8. The van der Waals surface area contributed by atoms with Gasteiger partial charge in [0.05, 0.1) is 11.9 Å². The number of hydrogen-bond donors (Lipinski definition) is 0. The number of carbonyl (C=O) groups is 1. The molecule has 1 amide bonds. The van der Waals surface area contributed by atoms with Crippen molar-refractivity contribution in [2.24, 2.45) is 0 Å².